The predicted molar refractivity (Wildman–Crippen MR) is 91.2 cm³/mol. The third kappa shape index (κ3) is 2.86. The second-order valence-electron chi connectivity index (χ2n) is 6.11. The maximum Gasteiger partial charge on any atom is 0.205 e. The Balaban J connectivity index is 1.43. The summed E-state index contributed by atoms with van der Waals surface area (Å²) in [5, 5.41) is 9.05. The van der Waals surface area contributed by atoms with Crippen LogP contribution in [0.3, 0.4) is 0 Å². The minimum atomic E-state index is 0.370. The van der Waals surface area contributed by atoms with Gasteiger partial charge in [-0.2, -0.15) is 4.37 Å². The highest BCUT2D eigenvalue weighted by atomic mass is 32.1. The molecule has 3 aromatic heterocycles. The molecular formula is C15H19N7S. The van der Waals surface area contributed by atoms with E-state index in [2.05, 4.69) is 43.5 Å². The number of hydrogen-bond donors (Lipinski definition) is 1. The minimum Gasteiger partial charge on any atom is -0.364 e. The van der Waals surface area contributed by atoms with Crippen LogP contribution >= 0.6 is 11.5 Å². The van der Waals surface area contributed by atoms with E-state index in [1.807, 2.05) is 18.3 Å². The lowest BCUT2D eigenvalue weighted by Gasteiger charge is -2.15. The van der Waals surface area contributed by atoms with Crippen LogP contribution in [0.4, 0.5) is 10.9 Å². The average Bonchev–Trinajstić information content (AvgIpc) is 3.26. The number of hydrogen-bond acceptors (Lipinski definition) is 7. The van der Waals surface area contributed by atoms with Crippen LogP contribution in [0, 0.1) is 0 Å². The van der Waals surface area contributed by atoms with Crippen LogP contribution in [0.2, 0.25) is 0 Å². The summed E-state index contributed by atoms with van der Waals surface area (Å²) in [7, 11) is 0. The summed E-state index contributed by atoms with van der Waals surface area (Å²) in [6.45, 7) is 6.17. The van der Waals surface area contributed by atoms with Crippen molar-refractivity contribution in [1.29, 1.82) is 0 Å². The van der Waals surface area contributed by atoms with Gasteiger partial charge in [-0.25, -0.2) is 14.5 Å². The predicted octanol–water partition coefficient (Wildman–Crippen LogP) is 2.40. The topological polar surface area (TPSA) is 71.2 Å². The van der Waals surface area contributed by atoms with Crippen LogP contribution in [-0.2, 0) is 0 Å². The first-order chi connectivity index (χ1) is 11.2. The fourth-order valence-corrected chi connectivity index (χ4v) is 3.58. The molecule has 1 aliphatic heterocycles. The molecule has 1 atom stereocenters. The molecule has 1 aliphatic rings. The lowest BCUT2D eigenvalue weighted by molar-refractivity contribution is 0.784. The molecule has 8 heteroatoms. The number of aromatic nitrogens is 5. The minimum absolute atomic E-state index is 0.370. The van der Waals surface area contributed by atoms with Crippen LogP contribution in [0.15, 0.2) is 24.5 Å². The highest BCUT2D eigenvalue weighted by Crippen LogP contribution is 2.25. The van der Waals surface area contributed by atoms with Crippen molar-refractivity contribution in [3.8, 4) is 0 Å². The molecule has 1 fully saturated rings. The van der Waals surface area contributed by atoms with Gasteiger partial charge >= 0.3 is 0 Å². The van der Waals surface area contributed by atoms with Crippen LogP contribution < -0.4 is 10.2 Å². The third-order valence-electron chi connectivity index (χ3n) is 4.01. The molecule has 4 rings (SSSR count). The molecule has 0 saturated carbocycles. The summed E-state index contributed by atoms with van der Waals surface area (Å²) in [6.07, 6.45) is 4.68. The van der Waals surface area contributed by atoms with Crippen molar-refractivity contribution < 1.29 is 0 Å². The molecule has 7 nitrogen and oxygen atoms in total. The monoisotopic (exact) mass is 329 g/mol. The van der Waals surface area contributed by atoms with Gasteiger partial charge in [-0.05, 0) is 18.6 Å². The summed E-state index contributed by atoms with van der Waals surface area (Å²) in [5.74, 6) is 2.19. The number of fused-ring (bicyclic) bond motifs is 1. The zero-order valence-electron chi connectivity index (χ0n) is 13.2. The average molecular weight is 329 g/mol. The molecule has 23 heavy (non-hydrogen) atoms. The van der Waals surface area contributed by atoms with E-state index in [1.165, 1.54) is 11.5 Å². The molecular weight excluding hydrogens is 310 g/mol. The van der Waals surface area contributed by atoms with Crippen molar-refractivity contribution in [1.82, 2.24) is 24.0 Å². The van der Waals surface area contributed by atoms with Crippen molar-refractivity contribution in [3.63, 3.8) is 0 Å². The zero-order chi connectivity index (χ0) is 15.8. The van der Waals surface area contributed by atoms with E-state index in [0.717, 1.165) is 41.9 Å². The second-order valence-corrected chi connectivity index (χ2v) is 6.84. The van der Waals surface area contributed by atoms with E-state index in [-0.39, 0.29) is 0 Å². The smallest absolute Gasteiger partial charge is 0.205 e. The van der Waals surface area contributed by atoms with E-state index >= 15 is 0 Å². The standard InChI is InChI=1S/C15H19N7S/c1-10(2)14-18-15(23-20-14)21-7-5-11(9-21)17-12-3-4-13-16-6-8-22(13)19-12/h3-4,6,8,10-11H,5,7,9H2,1-2H3,(H,17,19). The quantitative estimate of drug-likeness (QED) is 0.792. The van der Waals surface area contributed by atoms with E-state index in [0.29, 0.717) is 12.0 Å². The Morgan fingerprint density at radius 3 is 3.09 bits per heavy atom. The van der Waals surface area contributed by atoms with E-state index in [1.54, 1.807) is 10.7 Å². The Kier molecular flexibility index (Phi) is 3.60. The Labute approximate surface area is 138 Å². The van der Waals surface area contributed by atoms with E-state index in [4.69, 9.17) is 0 Å². The van der Waals surface area contributed by atoms with Gasteiger partial charge in [0.1, 0.15) is 11.6 Å². The number of rotatable bonds is 4. The largest absolute Gasteiger partial charge is 0.364 e. The van der Waals surface area contributed by atoms with E-state index in [9.17, 15) is 0 Å². The summed E-state index contributed by atoms with van der Waals surface area (Å²) in [4.78, 5) is 11.2. The summed E-state index contributed by atoms with van der Waals surface area (Å²) in [6, 6.07) is 4.32. The molecule has 0 aromatic carbocycles. The van der Waals surface area contributed by atoms with Gasteiger partial charge in [-0.15, -0.1) is 5.10 Å². The second kappa shape index (κ2) is 5.77. The Morgan fingerprint density at radius 2 is 2.26 bits per heavy atom. The summed E-state index contributed by atoms with van der Waals surface area (Å²) in [5.41, 5.74) is 0.860. The van der Waals surface area contributed by atoms with Crippen LogP contribution in [-0.4, -0.2) is 43.1 Å². The van der Waals surface area contributed by atoms with Gasteiger partial charge in [0.15, 0.2) is 5.65 Å². The Morgan fingerprint density at radius 1 is 1.35 bits per heavy atom. The van der Waals surface area contributed by atoms with Crippen molar-refractivity contribution in [2.75, 3.05) is 23.3 Å². The van der Waals surface area contributed by atoms with E-state index < -0.39 is 0 Å². The van der Waals surface area contributed by atoms with Gasteiger partial charge in [0, 0.05) is 49.0 Å². The van der Waals surface area contributed by atoms with Gasteiger partial charge in [0.2, 0.25) is 5.13 Å². The molecule has 0 aliphatic carbocycles. The molecule has 1 N–H and O–H groups in total. The number of nitrogens with zero attached hydrogens (tertiary/aromatic N) is 6. The molecule has 0 bridgehead atoms. The van der Waals surface area contributed by atoms with Gasteiger partial charge in [0.05, 0.1) is 0 Å². The maximum atomic E-state index is 4.64. The molecule has 1 unspecified atom stereocenters. The lowest BCUT2D eigenvalue weighted by atomic mass is 10.2. The molecule has 4 heterocycles. The van der Waals surface area contributed by atoms with Gasteiger partial charge in [0.25, 0.3) is 0 Å². The van der Waals surface area contributed by atoms with Gasteiger partial charge in [-0.1, -0.05) is 13.8 Å². The highest BCUT2D eigenvalue weighted by Gasteiger charge is 2.25. The highest BCUT2D eigenvalue weighted by molar-refractivity contribution is 7.09. The molecule has 0 radical (unpaired) electrons. The third-order valence-corrected chi connectivity index (χ3v) is 4.80. The Bertz CT molecular complexity index is 809. The SMILES string of the molecule is CC(C)c1nsc(N2CCC(Nc3ccc4nccn4n3)C2)n1. The summed E-state index contributed by atoms with van der Waals surface area (Å²) < 4.78 is 6.23. The van der Waals surface area contributed by atoms with Crippen LogP contribution in [0.25, 0.3) is 5.65 Å². The number of nitrogens with one attached hydrogen (secondary N) is 1. The number of anilines is 2. The zero-order valence-corrected chi connectivity index (χ0v) is 14.0. The van der Waals surface area contributed by atoms with Crippen LogP contribution in [0.1, 0.15) is 32.0 Å². The molecule has 120 valence electrons. The molecule has 1 saturated heterocycles. The fraction of sp³-hybridized carbons (Fsp3) is 0.467. The van der Waals surface area contributed by atoms with Crippen LogP contribution in [0.5, 0.6) is 0 Å². The number of imidazole rings is 1. The lowest BCUT2D eigenvalue weighted by Crippen LogP contribution is -2.26. The van der Waals surface area contributed by atoms with Gasteiger partial charge < -0.3 is 10.2 Å². The van der Waals surface area contributed by atoms with Crippen molar-refractivity contribution >= 4 is 28.1 Å². The fourth-order valence-electron chi connectivity index (χ4n) is 2.74. The maximum absolute atomic E-state index is 4.64. The first-order valence-corrected chi connectivity index (χ1v) is 8.62. The normalized spacial score (nSPS) is 18.2. The summed E-state index contributed by atoms with van der Waals surface area (Å²) >= 11 is 1.50. The first kappa shape index (κ1) is 14.4. The van der Waals surface area contributed by atoms with Crippen molar-refractivity contribution in [2.24, 2.45) is 0 Å². The molecule has 0 spiro atoms. The van der Waals surface area contributed by atoms with Crippen molar-refractivity contribution in [3.05, 3.63) is 30.4 Å². The Hall–Kier alpha value is -2.22. The van der Waals surface area contributed by atoms with Gasteiger partial charge in [-0.3, -0.25) is 0 Å². The molecule has 0 amide bonds. The molecule has 3 aromatic rings. The van der Waals surface area contributed by atoms with Crippen molar-refractivity contribution in [2.45, 2.75) is 32.2 Å². The first-order valence-electron chi connectivity index (χ1n) is 7.84.